The van der Waals surface area contributed by atoms with Crippen molar-refractivity contribution in [3.63, 3.8) is 0 Å². The quantitative estimate of drug-likeness (QED) is 0.678. The van der Waals surface area contributed by atoms with E-state index in [2.05, 4.69) is 28.8 Å². The number of halogens is 1. The molecule has 0 bridgehead atoms. The third-order valence-corrected chi connectivity index (χ3v) is 6.38. The highest BCUT2D eigenvalue weighted by atomic mass is 35.5. The normalized spacial score (nSPS) is 16.0. The van der Waals surface area contributed by atoms with E-state index in [9.17, 15) is 9.59 Å². The number of rotatable bonds is 4. The van der Waals surface area contributed by atoms with Gasteiger partial charge in [-0.05, 0) is 51.8 Å². The van der Waals surface area contributed by atoms with Gasteiger partial charge in [-0.25, -0.2) is 9.67 Å². The molecule has 0 atom stereocenters. The van der Waals surface area contributed by atoms with Gasteiger partial charge in [0.15, 0.2) is 0 Å². The molecule has 1 aromatic carbocycles. The molecule has 2 amide bonds. The molecule has 0 radical (unpaired) electrons. The zero-order chi connectivity index (χ0) is 24.1. The van der Waals surface area contributed by atoms with E-state index in [0.717, 1.165) is 36.6 Å². The van der Waals surface area contributed by atoms with Crippen LogP contribution in [0.15, 0.2) is 18.2 Å². The van der Waals surface area contributed by atoms with Crippen LogP contribution in [0.25, 0.3) is 0 Å². The van der Waals surface area contributed by atoms with Gasteiger partial charge in [-0.3, -0.25) is 14.5 Å². The maximum atomic E-state index is 13.3. The lowest BCUT2D eigenvalue weighted by Crippen LogP contribution is -2.41. The molecule has 0 saturated heterocycles. The molecule has 2 aromatic rings. The predicted molar refractivity (Wildman–Crippen MR) is 130 cm³/mol. The number of fused-ring (bicyclic) bond motifs is 1. The van der Waals surface area contributed by atoms with E-state index in [1.807, 2.05) is 36.9 Å². The van der Waals surface area contributed by atoms with Crippen molar-refractivity contribution in [1.82, 2.24) is 24.6 Å². The minimum atomic E-state index is -0.0243. The van der Waals surface area contributed by atoms with E-state index in [4.69, 9.17) is 11.6 Å². The average Bonchev–Trinajstić information content (AvgIpc) is 3.05. The topological polar surface area (TPSA) is 74.6 Å². The molecule has 0 saturated carbocycles. The van der Waals surface area contributed by atoms with Gasteiger partial charge in [0.05, 0.1) is 12.2 Å². The number of hydrogen-bond donors (Lipinski definition) is 0. The minimum Gasteiger partial charge on any atom is -0.337 e. The average molecular weight is 475 g/mol. The first-order chi connectivity index (χ1) is 15.7. The number of amides is 2. The van der Waals surface area contributed by atoms with Gasteiger partial charge in [0.1, 0.15) is 11.6 Å². The lowest BCUT2D eigenvalue weighted by Gasteiger charge is -2.30. The van der Waals surface area contributed by atoms with Crippen LogP contribution >= 0.6 is 11.6 Å². The molecule has 3 rings (SSSR count). The Bertz CT molecular complexity index is 989. The van der Waals surface area contributed by atoms with Crippen LogP contribution in [0.1, 0.15) is 50.8 Å². The Kier molecular flexibility index (Phi) is 8.48. The van der Waals surface area contributed by atoms with Crippen molar-refractivity contribution < 1.29 is 9.59 Å². The van der Waals surface area contributed by atoms with Gasteiger partial charge in [-0.1, -0.05) is 17.7 Å². The van der Waals surface area contributed by atoms with Crippen molar-refractivity contribution in [2.24, 2.45) is 0 Å². The molecule has 33 heavy (non-hydrogen) atoms. The van der Waals surface area contributed by atoms with Crippen LogP contribution in [-0.2, 0) is 22.7 Å². The highest BCUT2D eigenvalue weighted by molar-refractivity contribution is 6.31. The van der Waals surface area contributed by atoms with Crippen LogP contribution in [-0.4, -0.2) is 68.6 Å². The molecule has 1 aliphatic rings. The molecule has 1 aromatic heterocycles. The Hall–Kier alpha value is -2.45. The highest BCUT2D eigenvalue weighted by Gasteiger charge is 2.23. The summed E-state index contributed by atoms with van der Waals surface area (Å²) in [5, 5.41) is 4.96. The molecule has 0 unspecified atom stereocenters. The summed E-state index contributed by atoms with van der Waals surface area (Å²) < 4.78 is 1.78. The summed E-state index contributed by atoms with van der Waals surface area (Å²) >= 11 is 6.30. The maximum absolute atomic E-state index is 13.3. The molecule has 0 aliphatic carbocycles. The summed E-state index contributed by atoms with van der Waals surface area (Å²) in [4.78, 5) is 36.2. The summed E-state index contributed by atoms with van der Waals surface area (Å²) in [5.74, 6) is 1.54. The zero-order valence-electron chi connectivity index (χ0n) is 20.3. The fraction of sp³-hybridized carbons (Fsp3) is 0.583. The van der Waals surface area contributed by atoms with Gasteiger partial charge in [-0.2, -0.15) is 5.10 Å². The van der Waals surface area contributed by atoms with Crippen LogP contribution < -0.4 is 4.90 Å². The van der Waals surface area contributed by atoms with E-state index >= 15 is 0 Å². The number of nitrogens with zero attached hydrogens (tertiary/aromatic N) is 6. The molecule has 1 aliphatic heterocycles. The number of hydrogen-bond acceptors (Lipinski definition) is 5. The van der Waals surface area contributed by atoms with Crippen molar-refractivity contribution in [2.75, 3.05) is 31.1 Å². The third kappa shape index (κ3) is 6.54. The number of aromatic nitrogens is 3. The van der Waals surface area contributed by atoms with E-state index < -0.39 is 0 Å². The molecule has 9 heteroatoms. The second kappa shape index (κ2) is 11.1. The zero-order valence-corrected chi connectivity index (χ0v) is 21.1. The fourth-order valence-corrected chi connectivity index (χ4v) is 4.48. The van der Waals surface area contributed by atoms with Gasteiger partial charge in [0.2, 0.25) is 11.8 Å². The Morgan fingerprint density at radius 3 is 2.52 bits per heavy atom. The van der Waals surface area contributed by atoms with Crippen LogP contribution in [0.5, 0.6) is 0 Å². The molecule has 0 N–H and O–H groups in total. The van der Waals surface area contributed by atoms with Crippen molar-refractivity contribution in [1.29, 1.82) is 0 Å². The first-order valence-corrected chi connectivity index (χ1v) is 12.0. The molecule has 2 heterocycles. The van der Waals surface area contributed by atoms with E-state index in [1.165, 1.54) is 0 Å². The number of aryl methyl sites for hydroxylation is 3. The number of benzene rings is 1. The molecule has 0 spiro atoms. The fourth-order valence-electron chi connectivity index (χ4n) is 4.31. The summed E-state index contributed by atoms with van der Waals surface area (Å²) in [5.41, 5.74) is 1.71. The SMILES string of the molecule is CC(=O)N1CCCN(C(C)C)CCN(C(=O)CCn2nc(C)nc2C)Cc2ccc(Cl)cc21. The van der Waals surface area contributed by atoms with E-state index in [0.29, 0.717) is 49.5 Å². The van der Waals surface area contributed by atoms with Crippen LogP contribution in [0.4, 0.5) is 5.69 Å². The Balaban J connectivity index is 1.88. The highest BCUT2D eigenvalue weighted by Crippen LogP contribution is 2.28. The Morgan fingerprint density at radius 2 is 1.88 bits per heavy atom. The molecular weight excluding hydrogens is 440 g/mol. The lowest BCUT2D eigenvalue weighted by atomic mass is 10.1. The van der Waals surface area contributed by atoms with Gasteiger partial charge in [-0.15, -0.1) is 0 Å². The Morgan fingerprint density at radius 1 is 1.12 bits per heavy atom. The van der Waals surface area contributed by atoms with Gasteiger partial charge >= 0.3 is 0 Å². The van der Waals surface area contributed by atoms with Gasteiger partial charge in [0, 0.05) is 57.1 Å². The predicted octanol–water partition coefficient (Wildman–Crippen LogP) is 3.43. The summed E-state index contributed by atoms with van der Waals surface area (Å²) in [6.07, 6.45) is 1.19. The van der Waals surface area contributed by atoms with Crippen LogP contribution in [0.3, 0.4) is 0 Å². The van der Waals surface area contributed by atoms with Crippen molar-refractivity contribution in [3.8, 4) is 0 Å². The molecule has 8 nitrogen and oxygen atoms in total. The van der Waals surface area contributed by atoms with Gasteiger partial charge < -0.3 is 9.80 Å². The first-order valence-electron chi connectivity index (χ1n) is 11.6. The number of anilines is 1. The van der Waals surface area contributed by atoms with Crippen molar-refractivity contribution in [2.45, 2.75) is 66.6 Å². The second-order valence-corrected chi connectivity index (χ2v) is 9.36. The first kappa shape index (κ1) is 25.2. The van der Waals surface area contributed by atoms with E-state index in [-0.39, 0.29) is 11.8 Å². The van der Waals surface area contributed by atoms with Crippen molar-refractivity contribution >= 4 is 29.1 Å². The van der Waals surface area contributed by atoms with Crippen molar-refractivity contribution in [3.05, 3.63) is 40.4 Å². The standard InChI is InChI=1S/C24H35ClN6O2/c1-17(2)28-10-6-11-30(20(5)32)23-15-22(25)8-7-21(23)16-29(14-13-28)24(33)9-12-31-19(4)26-18(3)27-31/h7-8,15,17H,6,9-14,16H2,1-5H3. The summed E-state index contributed by atoms with van der Waals surface area (Å²) in [6, 6.07) is 5.94. The molecule has 0 fully saturated rings. The van der Waals surface area contributed by atoms with Gasteiger partial charge in [0.25, 0.3) is 0 Å². The monoisotopic (exact) mass is 474 g/mol. The molecule has 180 valence electrons. The van der Waals surface area contributed by atoms with Crippen LogP contribution in [0, 0.1) is 13.8 Å². The lowest BCUT2D eigenvalue weighted by molar-refractivity contribution is -0.132. The second-order valence-electron chi connectivity index (χ2n) is 8.92. The maximum Gasteiger partial charge on any atom is 0.224 e. The van der Waals surface area contributed by atoms with Crippen LogP contribution in [0.2, 0.25) is 5.02 Å². The number of carbonyl (C=O) groups excluding carboxylic acids is 2. The third-order valence-electron chi connectivity index (χ3n) is 6.15. The minimum absolute atomic E-state index is 0.0243. The number of carbonyl (C=O) groups is 2. The Labute approximate surface area is 201 Å². The van der Waals surface area contributed by atoms with E-state index in [1.54, 1.807) is 16.5 Å². The molecular formula is C24H35ClN6O2. The largest absolute Gasteiger partial charge is 0.337 e. The summed E-state index contributed by atoms with van der Waals surface area (Å²) in [7, 11) is 0. The smallest absolute Gasteiger partial charge is 0.224 e. The summed E-state index contributed by atoms with van der Waals surface area (Å²) in [6.45, 7) is 13.5.